The van der Waals surface area contributed by atoms with Gasteiger partial charge in [0.1, 0.15) is 0 Å². The fourth-order valence-corrected chi connectivity index (χ4v) is 3.07. The average Bonchev–Trinajstić information content (AvgIpc) is 2.37. The predicted molar refractivity (Wildman–Crippen MR) is 83.2 cm³/mol. The van der Waals surface area contributed by atoms with Crippen LogP contribution in [0.15, 0.2) is 0 Å². The van der Waals surface area contributed by atoms with Gasteiger partial charge >= 0.3 is 12.0 Å². The summed E-state index contributed by atoms with van der Waals surface area (Å²) in [7, 11) is 0. The summed E-state index contributed by atoms with van der Waals surface area (Å²) in [5.74, 6) is 0.313. The van der Waals surface area contributed by atoms with Crippen LogP contribution in [0.25, 0.3) is 0 Å². The molecule has 0 aromatic carbocycles. The summed E-state index contributed by atoms with van der Waals surface area (Å²) >= 11 is 0. The van der Waals surface area contributed by atoms with Crippen molar-refractivity contribution < 1.29 is 14.7 Å². The third-order valence-electron chi connectivity index (χ3n) is 4.47. The molecule has 1 unspecified atom stereocenters. The van der Waals surface area contributed by atoms with Gasteiger partial charge in [0, 0.05) is 12.6 Å². The van der Waals surface area contributed by atoms with E-state index in [-0.39, 0.29) is 18.6 Å². The monoisotopic (exact) mass is 298 g/mol. The summed E-state index contributed by atoms with van der Waals surface area (Å²) in [6, 6.07) is -0.167. The molecule has 0 aromatic rings. The number of urea groups is 1. The number of carbonyl (C=O) groups excluding carboxylic acids is 1. The largest absolute Gasteiger partial charge is 0.481 e. The van der Waals surface area contributed by atoms with E-state index in [4.69, 9.17) is 0 Å². The number of aliphatic carboxylic acids is 1. The Morgan fingerprint density at radius 1 is 1.24 bits per heavy atom. The topological polar surface area (TPSA) is 78.4 Å². The molecule has 1 rings (SSSR count). The summed E-state index contributed by atoms with van der Waals surface area (Å²) in [5.41, 5.74) is -0.787. The third kappa shape index (κ3) is 5.56. The quantitative estimate of drug-likeness (QED) is 0.705. The second-order valence-electron chi connectivity index (χ2n) is 7.13. The van der Waals surface area contributed by atoms with E-state index in [1.165, 1.54) is 0 Å². The van der Waals surface area contributed by atoms with Crippen LogP contribution in [0.1, 0.15) is 59.8 Å². The Bertz CT molecular complexity index is 361. The van der Waals surface area contributed by atoms with Crippen LogP contribution in [0.2, 0.25) is 0 Å². The maximum atomic E-state index is 11.9. The highest BCUT2D eigenvalue weighted by Crippen LogP contribution is 2.38. The maximum absolute atomic E-state index is 11.9. The summed E-state index contributed by atoms with van der Waals surface area (Å²) in [4.78, 5) is 23.5. The van der Waals surface area contributed by atoms with Crippen molar-refractivity contribution in [2.75, 3.05) is 6.54 Å². The van der Waals surface area contributed by atoms with Crippen LogP contribution in [0, 0.1) is 17.3 Å². The molecule has 1 saturated carbocycles. The second-order valence-corrected chi connectivity index (χ2v) is 7.13. The molecule has 122 valence electrons. The zero-order valence-corrected chi connectivity index (χ0v) is 13.7. The van der Waals surface area contributed by atoms with Crippen LogP contribution in [0.5, 0.6) is 0 Å². The lowest BCUT2D eigenvalue weighted by atomic mass is 9.71. The molecule has 1 fully saturated rings. The minimum atomic E-state index is -0.787. The van der Waals surface area contributed by atoms with Crippen LogP contribution in [0.4, 0.5) is 4.79 Å². The zero-order valence-electron chi connectivity index (χ0n) is 13.7. The minimum absolute atomic E-state index is 0.0946. The van der Waals surface area contributed by atoms with E-state index in [1.54, 1.807) is 0 Å². The van der Waals surface area contributed by atoms with Gasteiger partial charge in [0.2, 0.25) is 0 Å². The molecule has 21 heavy (non-hydrogen) atoms. The first-order chi connectivity index (χ1) is 9.75. The van der Waals surface area contributed by atoms with Crippen LogP contribution >= 0.6 is 0 Å². The van der Waals surface area contributed by atoms with Crippen molar-refractivity contribution in [2.45, 2.75) is 65.8 Å². The molecule has 1 atom stereocenters. The highest BCUT2D eigenvalue weighted by molar-refractivity contribution is 5.78. The lowest BCUT2D eigenvalue weighted by molar-refractivity contribution is -0.151. The van der Waals surface area contributed by atoms with Gasteiger partial charge in [-0.2, -0.15) is 0 Å². The molecule has 5 nitrogen and oxygen atoms in total. The van der Waals surface area contributed by atoms with Gasteiger partial charge in [0.15, 0.2) is 0 Å². The molecule has 1 aliphatic rings. The van der Waals surface area contributed by atoms with Gasteiger partial charge in [-0.3, -0.25) is 4.79 Å². The molecule has 0 aliphatic heterocycles. The van der Waals surface area contributed by atoms with Gasteiger partial charge < -0.3 is 15.7 Å². The van der Waals surface area contributed by atoms with Gasteiger partial charge in [0.25, 0.3) is 0 Å². The number of hydrogen-bond acceptors (Lipinski definition) is 2. The van der Waals surface area contributed by atoms with E-state index in [0.29, 0.717) is 24.7 Å². The Morgan fingerprint density at radius 2 is 1.81 bits per heavy atom. The van der Waals surface area contributed by atoms with Crippen molar-refractivity contribution in [3.63, 3.8) is 0 Å². The van der Waals surface area contributed by atoms with E-state index < -0.39 is 11.4 Å². The zero-order chi connectivity index (χ0) is 16.0. The number of carboxylic acids is 1. The van der Waals surface area contributed by atoms with E-state index in [9.17, 15) is 14.7 Å². The van der Waals surface area contributed by atoms with Crippen LogP contribution in [-0.2, 0) is 4.79 Å². The molecular weight excluding hydrogens is 268 g/mol. The highest BCUT2D eigenvalue weighted by Gasteiger charge is 2.41. The van der Waals surface area contributed by atoms with E-state index in [2.05, 4.69) is 31.4 Å². The number of carboxylic acid groups (broad SMARTS) is 1. The Labute approximate surface area is 127 Å². The number of carbonyl (C=O) groups is 2. The van der Waals surface area contributed by atoms with E-state index >= 15 is 0 Å². The highest BCUT2D eigenvalue weighted by atomic mass is 16.4. The van der Waals surface area contributed by atoms with Gasteiger partial charge in [-0.1, -0.05) is 20.8 Å². The molecule has 0 saturated heterocycles. The van der Waals surface area contributed by atoms with Gasteiger partial charge in [-0.15, -0.1) is 0 Å². The molecule has 3 N–H and O–H groups in total. The van der Waals surface area contributed by atoms with Crippen molar-refractivity contribution >= 4 is 12.0 Å². The summed E-state index contributed by atoms with van der Waals surface area (Å²) in [5, 5.41) is 15.2. The first-order valence-corrected chi connectivity index (χ1v) is 8.03. The Hall–Kier alpha value is -1.26. The van der Waals surface area contributed by atoms with Crippen molar-refractivity contribution in [2.24, 2.45) is 17.3 Å². The smallest absolute Gasteiger partial charge is 0.315 e. The fraction of sp³-hybridized carbons (Fsp3) is 0.875. The van der Waals surface area contributed by atoms with Crippen molar-refractivity contribution in [1.82, 2.24) is 10.6 Å². The number of nitrogens with one attached hydrogen (secondary N) is 2. The number of amides is 2. The standard InChI is InChI=1S/C16H30N2O3/c1-11(2)9-13(4)18-15(21)17-10-16(14(19)20)7-5-12(3)6-8-16/h11-13H,5-10H2,1-4H3,(H,19,20)(H2,17,18,21). The SMILES string of the molecule is CC(C)CC(C)NC(=O)NCC1(C(=O)O)CCC(C)CC1. The normalized spacial score (nSPS) is 27.2. The minimum Gasteiger partial charge on any atom is -0.481 e. The molecule has 0 aromatic heterocycles. The average molecular weight is 298 g/mol. The third-order valence-corrected chi connectivity index (χ3v) is 4.47. The second kappa shape index (κ2) is 7.66. The van der Waals surface area contributed by atoms with Gasteiger partial charge in [-0.05, 0) is 50.9 Å². The fourth-order valence-electron chi connectivity index (χ4n) is 3.07. The first-order valence-electron chi connectivity index (χ1n) is 8.03. The molecule has 0 heterocycles. The Kier molecular flexibility index (Phi) is 6.49. The molecule has 0 spiro atoms. The van der Waals surface area contributed by atoms with Crippen molar-refractivity contribution in [3.05, 3.63) is 0 Å². The lowest BCUT2D eigenvalue weighted by Crippen LogP contribution is -2.49. The Morgan fingerprint density at radius 3 is 2.29 bits per heavy atom. The maximum Gasteiger partial charge on any atom is 0.315 e. The Balaban J connectivity index is 2.47. The van der Waals surface area contributed by atoms with Crippen LogP contribution < -0.4 is 10.6 Å². The predicted octanol–water partition coefficient (Wildman–Crippen LogP) is 3.00. The van der Waals surface area contributed by atoms with Crippen molar-refractivity contribution in [1.29, 1.82) is 0 Å². The molecule has 1 aliphatic carbocycles. The van der Waals surface area contributed by atoms with E-state index in [1.807, 2.05) is 6.92 Å². The van der Waals surface area contributed by atoms with Crippen LogP contribution in [0.3, 0.4) is 0 Å². The van der Waals surface area contributed by atoms with E-state index in [0.717, 1.165) is 19.3 Å². The molecule has 2 amide bonds. The number of hydrogen-bond donors (Lipinski definition) is 3. The summed E-state index contributed by atoms with van der Waals surface area (Å²) < 4.78 is 0. The molecule has 0 radical (unpaired) electrons. The molecular formula is C16H30N2O3. The number of rotatable bonds is 6. The van der Waals surface area contributed by atoms with Gasteiger partial charge in [0.05, 0.1) is 5.41 Å². The first kappa shape index (κ1) is 17.8. The van der Waals surface area contributed by atoms with Gasteiger partial charge in [-0.25, -0.2) is 4.79 Å². The van der Waals surface area contributed by atoms with Crippen molar-refractivity contribution in [3.8, 4) is 0 Å². The molecule has 5 heteroatoms. The van der Waals surface area contributed by atoms with Crippen LogP contribution in [-0.4, -0.2) is 29.7 Å². The summed E-state index contributed by atoms with van der Waals surface area (Å²) in [6.45, 7) is 8.56. The molecule has 0 bridgehead atoms. The summed E-state index contributed by atoms with van der Waals surface area (Å²) in [6.07, 6.45) is 4.03. The lowest BCUT2D eigenvalue weighted by Gasteiger charge is -2.35.